The highest BCUT2D eigenvalue weighted by Crippen LogP contribution is 2.39. The fourth-order valence-corrected chi connectivity index (χ4v) is 4.21. The summed E-state index contributed by atoms with van der Waals surface area (Å²) in [5.74, 6) is 1.38. The molecule has 170 valence electrons. The third kappa shape index (κ3) is 4.06. The fourth-order valence-electron chi connectivity index (χ4n) is 4.21. The predicted molar refractivity (Wildman–Crippen MR) is 123 cm³/mol. The molecule has 3 heterocycles. The molecule has 1 fully saturated rings. The molecule has 9 heteroatoms. The van der Waals surface area contributed by atoms with Gasteiger partial charge in [-0.25, -0.2) is 9.37 Å². The Labute approximate surface area is 190 Å². The molecule has 1 aliphatic heterocycles. The van der Waals surface area contributed by atoms with Gasteiger partial charge in [-0.2, -0.15) is 5.10 Å². The van der Waals surface area contributed by atoms with Crippen molar-refractivity contribution in [3.63, 3.8) is 0 Å². The quantitative estimate of drug-likeness (QED) is 0.520. The zero-order valence-electron chi connectivity index (χ0n) is 18.5. The average Bonchev–Trinajstić information content (AvgIpc) is 3.53. The molecule has 33 heavy (non-hydrogen) atoms. The molecule has 0 saturated heterocycles. The maximum absolute atomic E-state index is 14.2. The SMILES string of the molecule is CN/N=C1/Cc2onc(CC3CC3)c2-c2cnc(N)c(c2)OC(C)c2cc(F)ccc2C1=N. The summed E-state index contributed by atoms with van der Waals surface area (Å²) in [6, 6.07) is 6.10. The van der Waals surface area contributed by atoms with E-state index in [1.54, 1.807) is 26.2 Å². The number of nitrogens with two attached hydrogens (primary N) is 1. The van der Waals surface area contributed by atoms with Crippen molar-refractivity contribution in [3.05, 3.63) is 58.9 Å². The smallest absolute Gasteiger partial charge is 0.166 e. The van der Waals surface area contributed by atoms with E-state index in [4.69, 9.17) is 20.4 Å². The van der Waals surface area contributed by atoms with Gasteiger partial charge in [0.2, 0.25) is 0 Å². The molecule has 8 nitrogen and oxygen atoms in total. The summed E-state index contributed by atoms with van der Waals surface area (Å²) in [6.07, 6.45) is 4.50. The summed E-state index contributed by atoms with van der Waals surface area (Å²) >= 11 is 0. The molecule has 4 N–H and O–H groups in total. The van der Waals surface area contributed by atoms with Gasteiger partial charge in [-0.05, 0) is 56.4 Å². The molecule has 1 aliphatic carbocycles. The molecule has 5 rings (SSSR count). The Balaban J connectivity index is 1.72. The molecule has 0 amide bonds. The first-order valence-corrected chi connectivity index (χ1v) is 11.0. The zero-order chi connectivity index (χ0) is 23.1. The van der Waals surface area contributed by atoms with E-state index in [9.17, 15) is 4.39 Å². The Kier molecular flexibility index (Phi) is 5.32. The second kappa shape index (κ2) is 8.31. The number of ether oxygens (including phenoxy) is 1. The van der Waals surface area contributed by atoms with E-state index in [0.29, 0.717) is 34.3 Å². The van der Waals surface area contributed by atoms with Crippen molar-refractivity contribution in [2.75, 3.05) is 12.8 Å². The van der Waals surface area contributed by atoms with Crippen LogP contribution in [-0.4, -0.2) is 28.6 Å². The van der Waals surface area contributed by atoms with E-state index in [0.717, 1.165) is 23.2 Å². The van der Waals surface area contributed by atoms with Crippen molar-refractivity contribution in [1.29, 1.82) is 5.41 Å². The van der Waals surface area contributed by atoms with E-state index in [2.05, 4.69) is 20.7 Å². The van der Waals surface area contributed by atoms with Crippen LogP contribution in [0.4, 0.5) is 10.2 Å². The molecular weight excluding hydrogens is 423 g/mol. The predicted octanol–water partition coefficient (Wildman–Crippen LogP) is 4.05. The maximum Gasteiger partial charge on any atom is 0.166 e. The van der Waals surface area contributed by atoms with Crippen molar-refractivity contribution in [2.24, 2.45) is 11.0 Å². The van der Waals surface area contributed by atoms with Crippen LogP contribution in [0.1, 0.15) is 48.5 Å². The van der Waals surface area contributed by atoms with E-state index in [-0.39, 0.29) is 18.0 Å². The standard InChI is InChI=1S/C24H25FN6O2/c1-12-17-9-15(25)5-6-16(17)23(26)19(30-28-2)10-20-22(18(31-33-20)7-13-3-4-13)14-8-21(32-12)24(27)29-11-14/h5-6,8-9,11-13,26,28H,3-4,7,10H2,1-2H3,(H2,27,29)/b26-23?,30-19-. The molecule has 2 aromatic heterocycles. The van der Waals surface area contributed by atoms with Crippen molar-refractivity contribution in [3.8, 4) is 16.9 Å². The highest BCUT2D eigenvalue weighted by atomic mass is 19.1. The molecule has 3 aromatic rings. The Hall–Kier alpha value is -3.75. The molecule has 1 atom stereocenters. The van der Waals surface area contributed by atoms with Crippen LogP contribution in [0, 0.1) is 17.1 Å². The normalized spacial score (nSPS) is 19.2. The van der Waals surface area contributed by atoms with Crippen LogP contribution in [0.3, 0.4) is 0 Å². The summed E-state index contributed by atoms with van der Waals surface area (Å²) in [7, 11) is 1.67. The van der Waals surface area contributed by atoms with Crippen LogP contribution in [0.5, 0.6) is 5.75 Å². The minimum absolute atomic E-state index is 0.149. The third-order valence-corrected chi connectivity index (χ3v) is 6.07. The van der Waals surface area contributed by atoms with Crippen LogP contribution in [-0.2, 0) is 12.8 Å². The number of hydrazone groups is 1. The molecule has 1 aromatic carbocycles. The number of fused-ring (bicyclic) bond motifs is 5. The summed E-state index contributed by atoms with van der Waals surface area (Å²) in [5.41, 5.74) is 13.0. The van der Waals surface area contributed by atoms with Crippen molar-refractivity contribution in [2.45, 2.75) is 38.7 Å². The van der Waals surface area contributed by atoms with Gasteiger partial charge >= 0.3 is 0 Å². The second-order valence-corrected chi connectivity index (χ2v) is 8.51. The highest BCUT2D eigenvalue weighted by Gasteiger charge is 2.30. The number of nitrogens with one attached hydrogen (secondary N) is 2. The number of hydrogen-bond donors (Lipinski definition) is 3. The molecule has 1 unspecified atom stereocenters. The van der Waals surface area contributed by atoms with Crippen LogP contribution in [0.2, 0.25) is 0 Å². The van der Waals surface area contributed by atoms with Gasteiger partial charge in [0.05, 0.1) is 23.5 Å². The van der Waals surface area contributed by atoms with Crippen molar-refractivity contribution in [1.82, 2.24) is 15.6 Å². The zero-order valence-corrected chi connectivity index (χ0v) is 18.5. The van der Waals surface area contributed by atoms with Gasteiger partial charge < -0.3 is 20.4 Å². The Morgan fingerprint density at radius 2 is 2.12 bits per heavy atom. The lowest BCUT2D eigenvalue weighted by molar-refractivity contribution is 0.227. The Bertz CT molecular complexity index is 1260. The molecule has 2 aliphatic rings. The van der Waals surface area contributed by atoms with E-state index in [1.807, 2.05) is 6.07 Å². The van der Waals surface area contributed by atoms with Crippen LogP contribution < -0.4 is 15.9 Å². The fraction of sp³-hybridized carbons (Fsp3) is 0.333. The third-order valence-electron chi connectivity index (χ3n) is 6.07. The van der Waals surface area contributed by atoms with Crippen molar-refractivity contribution < 1.29 is 13.7 Å². The lowest BCUT2D eigenvalue weighted by atomic mass is 9.92. The van der Waals surface area contributed by atoms with Gasteiger partial charge in [0.15, 0.2) is 17.3 Å². The van der Waals surface area contributed by atoms with Gasteiger partial charge in [-0.15, -0.1) is 0 Å². The topological polar surface area (TPSA) is 122 Å². The molecule has 2 bridgehead atoms. The van der Waals surface area contributed by atoms with Gasteiger partial charge in [-0.1, -0.05) is 5.16 Å². The van der Waals surface area contributed by atoms with Crippen LogP contribution >= 0.6 is 0 Å². The first kappa shape index (κ1) is 21.1. The van der Waals surface area contributed by atoms with Gasteiger partial charge in [0.1, 0.15) is 11.9 Å². The van der Waals surface area contributed by atoms with Crippen LogP contribution in [0.25, 0.3) is 11.1 Å². The first-order chi connectivity index (χ1) is 15.9. The number of aromatic nitrogens is 2. The number of rotatable bonds is 3. The Morgan fingerprint density at radius 3 is 2.88 bits per heavy atom. The largest absolute Gasteiger partial charge is 0.482 e. The molecule has 0 spiro atoms. The number of nitrogen functional groups attached to an aromatic ring is 1. The number of benzene rings is 1. The summed E-state index contributed by atoms with van der Waals surface area (Å²) in [6.45, 7) is 1.79. The number of anilines is 1. The number of nitrogens with zero attached hydrogens (tertiary/aromatic N) is 3. The average molecular weight is 449 g/mol. The van der Waals surface area contributed by atoms with Crippen LogP contribution in [0.15, 0.2) is 40.1 Å². The minimum Gasteiger partial charge on any atom is -0.482 e. The maximum atomic E-state index is 14.2. The lowest BCUT2D eigenvalue weighted by Gasteiger charge is -2.21. The summed E-state index contributed by atoms with van der Waals surface area (Å²) < 4.78 is 26.1. The number of halogens is 1. The highest BCUT2D eigenvalue weighted by molar-refractivity contribution is 6.47. The van der Waals surface area contributed by atoms with E-state index >= 15 is 0 Å². The van der Waals surface area contributed by atoms with Gasteiger partial charge in [0, 0.05) is 35.5 Å². The number of pyridine rings is 1. The molecule has 1 saturated carbocycles. The summed E-state index contributed by atoms with van der Waals surface area (Å²) in [5, 5.41) is 17.6. The van der Waals surface area contributed by atoms with Gasteiger partial charge in [0.25, 0.3) is 0 Å². The monoisotopic (exact) mass is 448 g/mol. The van der Waals surface area contributed by atoms with Crippen molar-refractivity contribution >= 4 is 17.2 Å². The van der Waals surface area contributed by atoms with E-state index < -0.39 is 11.9 Å². The first-order valence-electron chi connectivity index (χ1n) is 11.0. The van der Waals surface area contributed by atoms with Gasteiger partial charge in [-0.3, -0.25) is 5.41 Å². The van der Waals surface area contributed by atoms with E-state index in [1.165, 1.54) is 25.0 Å². The summed E-state index contributed by atoms with van der Waals surface area (Å²) in [4.78, 5) is 4.35. The number of hydrogen-bond acceptors (Lipinski definition) is 8. The lowest BCUT2D eigenvalue weighted by Crippen LogP contribution is -2.23. The molecule has 0 radical (unpaired) electrons. The Morgan fingerprint density at radius 1 is 1.30 bits per heavy atom. The minimum atomic E-state index is -0.585. The molecular formula is C24H25FN6O2. The second-order valence-electron chi connectivity index (χ2n) is 8.51.